The van der Waals surface area contributed by atoms with Gasteiger partial charge >= 0.3 is 5.97 Å². The first-order chi connectivity index (χ1) is 8.58. The molecule has 94 valence electrons. The molecule has 0 aliphatic rings. The van der Waals surface area contributed by atoms with Crippen molar-refractivity contribution in [2.24, 2.45) is 0 Å². The summed E-state index contributed by atoms with van der Waals surface area (Å²) in [5.41, 5.74) is -0.0337. The fraction of sp³-hybridized carbons (Fsp3) is 0.0833. The molecule has 2 aromatic rings. The van der Waals surface area contributed by atoms with Gasteiger partial charge in [-0.3, -0.25) is 0 Å². The van der Waals surface area contributed by atoms with Crippen LogP contribution in [0.2, 0.25) is 0 Å². The van der Waals surface area contributed by atoms with Crippen LogP contribution >= 0.6 is 11.3 Å². The monoisotopic (exact) mass is 269 g/mol. The van der Waals surface area contributed by atoms with E-state index in [2.05, 4.69) is 5.32 Å². The maximum absolute atomic E-state index is 13.3. The minimum Gasteiger partial charge on any atom is -0.478 e. The predicted molar refractivity (Wildman–Crippen MR) is 65.0 cm³/mol. The molecule has 0 fully saturated rings. The lowest BCUT2D eigenvalue weighted by atomic mass is 10.2. The van der Waals surface area contributed by atoms with Crippen molar-refractivity contribution in [2.45, 2.75) is 6.54 Å². The summed E-state index contributed by atoms with van der Waals surface area (Å²) in [5.74, 6) is -2.37. The van der Waals surface area contributed by atoms with Crippen LogP contribution in [0.25, 0.3) is 0 Å². The summed E-state index contributed by atoms with van der Waals surface area (Å²) in [6, 6.07) is 5.06. The van der Waals surface area contributed by atoms with Gasteiger partial charge in [0, 0.05) is 16.8 Å². The van der Waals surface area contributed by atoms with E-state index in [1.165, 1.54) is 28.8 Å². The second kappa shape index (κ2) is 5.14. The van der Waals surface area contributed by atoms with Gasteiger partial charge in [0.2, 0.25) is 0 Å². The van der Waals surface area contributed by atoms with Crippen molar-refractivity contribution >= 4 is 23.0 Å². The number of thiophene rings is 1. The number of hydrogen-bond acceptors (Lipinski definition) is 3. The van der Waals surface area contributed by atoms with Crippen molar-refractivity contribution in [1.82, 2.24) is 0 Å². The Bertz CT molecular complexity index is 563. The predicted octanol–water partition coefficient (Wildman–Crippen LogP) is 3.34. The molecule has 0 radical (unpaired) electrons. The third-order valence-corrected chi connectivity index (χ3v) is 3.24. The number of halogens is 2. The van der Waals surface area contributed by atoms with Gasteiger partial charge in [0.05, 0.1) is 5.56 Å². The lowest BCUT2D eigenvalue weighted by molar-refractivity contribution is 0.0697. The number of carboxylic acids is 1. The number of nitrogens with one attached hydrogen (secondary N) is 1. The molecular weight excluding hydrogens is 260 g/mol. The highest BCUT2D eigenvalue weighted by Gasteiger charge is 2.10. The molecule has 18 heavy (non-hydrogen) atoms. The van der Waals surface area contributed by atoms with Crippen molar-refractivity contribution in [1.29, 1.82) is 0 Å². The molecule has 1 aromatic heterocycles. The van der Waals surface area contributed by atoms with Gasteiger partial charge in [-0.15, -0.1) is 11.3 Å². The first-order valence-corrected chi connectivity index (χ1v) is 5.94. The Morgan fingerprint density at radius 2 is 2.00 bits per heavy atom. The normalized spacial score (nSPS) is 10.3. The highest BCUT2D eigenvalue weighted by molar-refractivity contribution is 7.10. The third-order valence-electron chi connectivity index (χ3n) is 2.30. The van der Waals surface area contributed by atoms with E-state index in [4.69, 9.17) is 5.11 Å². The van der Waals surface area contributed by atoms with Gasteiger partial charge in [-0.25, -0.2) is 13.6 Å². The average Bonchev–Trinajstić information content (AvgIpc) is 2.77. The fourth-order valence-corrected chi connectivity index (χ4v) is 2.23. The van der Waals surface area contributed by atoms with E-state index >= 15 is 0 Å². The second-order valence-corrected chi connectivity index (χ2v) is 4.55. The van der Waals surface area contributed by atoms with Crippen molar-refractivity contribution < 1.29 is 18.7 Å². The van der Waals surface area contributed by atoms with E-state index in [-0.39, 0.29) is 17.8 Å². The number of para-hydroxylation sites is 1. The first kappa shape index (κ1) is 12.5. The van der Waals surface area contributed by atoms with E-state index in [0.29, 0.717) is 4.88 Å². The molecule has 0 unspecified atom stereocenters. The lowest BCUT2D eigenvalue weighted by Crippen LogP contribution is -2.02. The van der Waals surface area contributed by atoms with Gasteiger partial charge in [-0.05, 0) is 18.2 Å². The van der Waals surface area contributed by atoms with Crippen LogP contribution in [-0.2, 0) is 6.54 Å². The Morgan fingerprint density at radius 3 is 2.56 bits per heavy atom. The molecule has 6 heteroatoms. The van der Waals surface area contributed by atoms with Crippen LogP contribution in [0.4, 0.5) is 14.5 Å². The number of aromatic carboxylic acids is 1. The summed E-state index contributed by atoms with van der Waals surface area (Å²) >= 11 is 1.22. The molecule has 0 aliphatic carbocycles. The Labute approximate surface area is 106 Å². The highest BCUT2D eigenvalue weighted by Crippen LogP contribution is 2.21. The van der Waals surface area contributed by atoms with Crippen molar-refractivity contribution in [3.63, 3.8) is 0 Å². The molecule has 1 aromatic carbocycles. The second-order valence-electron chi connectivity index (χ2n) is 3.56. The average molecular weight is 269 g/mol. The van der Waals surface area contributed by atoms with Gasteiger partial charge in [-0.2, -0.15) is 0 Å². The molecular formula is C12H9F2NO2S. The Hall–Kier alpha value is -1.95. The van der Waals surface area contributed by atoms with E-state index < -0.39 is 17.6 Å². The van der Waals surface area contributed by atoms with Gasteiger partial charge in [-0.1, -0.05) is 6.07 Å². The Kier molecular flexibility index (Phi) is 3.57. The van der Waals surface area contributed by atoms with Crippen molar-refractivity contribution in [2.75, 3.05) is 5.32 Å². The van der Waals surface area contributed by atoms with Crippen molar-refractivity contribution in [3.05, 3.63) is 51.7 Å². The summed E-state index contributed by atoms with van der Waals surface area (Å²) < 4.78 is 26.6. The highest BCUT2D eigenvalue weighted by atomic mass is 32.1. The minimum absolute atomic E-state index is 0.172. The van der Waals surface area contributed by atoms with Gasteiger partial charge in [0.15, 0.2) is 0 Å². The summed E-state index contributed by atoms with van der Waals surface area (Å²) in [4.78, 5) is 11.4. The number of carboxylic acid groups (broad SMARTS) is 1. The van der Waals surface area contributed by atoms with Crippen LogP contribution < -0.4 is 5.32 Å². The summed E-state index contributed by atoms with van der Waals surface area (Å²) in [6.45, 7) is 0.176. The van der Waals surface area contributed by atoms with Gasteiger partial charge < -0.3 is 10.4 Å². The number of benzene rings is 1. The molecule has 0 atom stereocenters. The molecule has 0 saturated heterocycles. The molecule has 0 spiro atoms. The summed E-state index contributed by atoms with van der Waals surface area (Å²) in [7, 11) is 0. The number of anilines is 1. The van der Waals surface area contributed by atoms with E-state index in [0.717, 1.165) is 12.1 Å². The topological polar surface area (TPSA) is 49.3 Å². The molecule has 0 bridgehead atoms. The molecule has 1 heterocycles. The number of hydrogen-bond donors (Lipinski definition) is 2. The Morgan fingerprint density at radius 1 is 1.33 bits per heavy atom. The fourth-order valence-electron chi connectivity index (χ4n) is 1.43. The van der Waals surface area contributed by atoms with E-state index in [1.54, 1.807) is 0 Å². The number of carbonyl (C=O) groups is 1. The molecule has 0 amide bonds. The lowest BCUT2D eigenvalue weighted by Gasteiger charge is -2.06. The van der Waals surface area contributed by atoms with Gasteiger partial charge in [0.1, 0.15) is 17.3 Å². The molecule has 3 nitrogen and oxygen atoms in total. The van der Waals surface area contributed by atoms with Crippen LogP contribution in [-0.4, -0.2) is 11.1 Å². The summed E-state index contributed by atoms with van der Waals surface area (Å²) in [6.07, 6.45) is 0. The minimum atomic E-state index is -1.02. The maximum Gasteiger partial charge on any atom is 0.336 e. The maximum atomic E-state index is 13.3. The van der Waals surface area contributed by atoms with E-state index in [1.807, 2.05) is 0 Å². The van der Waals surface area contributed by atoms with Crippen molar-refractivity contribution in [3.8, 4) is 0 Å². The zero-order valence-corrected chi connectivity index (χ0v) is 9.93. The zero-order chi connectivity index (χ0) is 13.1. The van der Waals surface area contributed by atoms with Crippen LogP contribution in [0.1, 0.15) is 15.2 Å². The van der Waals surface area contributed by atoms with E-state index in [9.17, 15) is 13.6 Å². The molecule has 0 saturated carbocycles. The van der Waals surface area contributed by atoms with Crippen LogP contribution in [0.5, 0.6) is 0 Å². The quantitative estimate of drug-likeness (QED) is 0.895. The van der Waals surface area contributed by atoms with Gasteiger partial charge in [0.25, 0.3) is 0 Å². The molecule has 2 rings (SSSR count). The first-order valence-electron chi connectivity index (χ1n) is 5.06. The smallest absolute Gasteiger partial charge is 0.336 e. The van der Waals surface area contributed by atoms with Crippen LogP contribution in [0.15, 0.2) is 29.6 Å². The third kappa shape index (κ3) is 2.65. The number of rotatable bonds is 4. The standard InChI is InChI=1S/C12H9F2NO2S/c13-9-2-1-3-10(14)11(9)15-5-8-4-7(6-18-8)12(16)17/h1-4,6,15H,5H2,(H,16,17). The Balaban J connectivity index is 2.09. The zero-order valence-electron chi connectivity index (χ0n) is 9.11. The SMILES string of the molecule is O=C(O)c1csc(CNc2c(F)cccc2F)c1. The largest absolute Gasteiger partial charge is 0.478 e. The molecule has 0 aliphatic heterocycles. The van der Waals surface area contributed by atoms with Crippen LogP contribution in [0, 0.1) is 11.6 Å². The summed E-state index contributed by atoms with van der Waals surface area (Å²) in [5, 5.41) is 12.8. The van der Waals surface area contributed by atoms with Crippen LogP contribution in [0.3, 0.4) is 0 Å². The molecule has 2 N–H and O–H groups in total.